The zero-order chi connectivity index (χ0) is 22.1. The molecule has 0 aliphatic carbocycles. The summed E-state index contributed by atoms with van der Waals surface area (Å²) in [6.07, 6.45) is -0.441. The molecular formula is C23H27NO5S. The second-order valence-electron chi connectivity index (χ2n) is 8.36. The maximum atomic E-state index is 13.4. The van der Waals surface area contributed by atoms with Crippen LogP contribution in [0.1, 0.15) is 44.9 Å². The van der Waals surface area contributed by atoms with Gasteiger partial charge in [0.2, 0.25) is 20.6 Å². The van der Waals surface area contributed by atoms with Crippen LogP contribution in [0.3, 0.4) is 0 Å². The lowest BCUT2D eigenvalue weighted by Crippen LogP contribution is -2.30. The molecule has 2 aromatic carbocycles. The van der Waals surface area contributed by atoms with Crippen LogP contribution in [0.5, 0.6) is 0 Å². The fourth-order valence-electron chi connectivity index (χ4n) is 3.14. The lowest BCUT2D eigenvalue weighted by atomic mass is 10.0. The van der Waals surface area contributed by atoms with Crippen LogP contribution in [0, 0.1) is 6.92 Å². The van der Waals surface area contributed by atoms with Crippen molar-refractivity contribution in [2.75, 3.05) is 0 Å². The number of carbonyl (C=O) groups excluding carboxylic acids is 1. The first-order chi connectivity index (χ1) is 14.0. The standard InChI is InChI=1S/C23H27NO5S/c1-15-11-13-17(14-12-15)19-16(2)24-21(28-19)20(22(25)29-23(3,4)5)30(26,27)18-9-7-6-8-10-18/h6-14,16,19,24H,1-5H3/t16-,19-/m1/s1. The number of hydrogen-bond acceptors (Lipinski definition) is 6. The highest BCUT2D eigenvalue weighted by molar-refractivity contribution is 7.96. The normalized spacial score (nSPS) is 20.8. The third-order valence-corrected chi connectivity index (χ3v) is 6.36. The first-order valence-electron chi connectivity index (χ1n) is 9.76. The molecule has 1 fully saturated rings. The van der Waals surface area contributed by atoms with Crippen molar-refractivity contribution in [3.05, 3.63) is 76.5 Å². The van der Waals surface area contributed by atoms with E-state index in [1.54, 1.807) is 39.0 Å². The van der Waals surface area contributed by atoms with E-state index in [1.807, 2.05) is 38.1 Å². The Morgan fingerprint density at radius 3 is 2.20 bits per heavy atom. The molecule has 160 valence electrons. The van der Waals surface area contributed by atoms with Gasteiger partial charge in [-0.05, 0) is 52.3 Å². The van der Waals surface area contributed by atoms with E-state index >= 15 is 0 Å². The third-order valence-electron chi connectivity index (χ3n) is 4.58. The number of ether oxygens (including phenoxy) is 2. The summed E-state index contributed by atoms with van der Waals surface area (Å²) in [5.41, 5.74) is 1.13. The summed E-state index contributed by atoms with van der Waals surface area (Å²) in [6.45, 7) is 8.91. The Labute approximate surface area is 177 Å². The summed E-state index contributed by atoms with van der Waals surface area (Å²) >= 11 is 0. The molecule has 7 heteroatoms. The second-order valence-corrected chi connectivity index (χ2v) is 10.2. The molecule has 0 bridgehead atoms. The van der Waals surface area contributed by atoms with Crippen molar-refractivity contribution in [2.24, 2.45) is 0 Å². The molecule has 30 heavy (non-hydrogen) atoms. The van der Waals surface area contributed by atoms with Gasteiger partial charge in [0.15, 0.2) is 0 Å². The summed E-state index contributed by atoms with van der Waals surface area (Å²) in [6, 6.07) is 15.3. The number of nitrogens with one attached hydrogen (secondary N) is 1. The number of hydrogen-bond donors (Lipinski definition) is 1. The van der Waals surface area contributed by atoms with Crippen molar-refractivity contribution in [3.8, 4) is 0 Å². The number of benzene rings is 2. The summed E-state index contributed by atoms with van der Waals surface area (Å²) in [4.78, 5) is 12.5. The second kappa shape index (κ2) is 8.14. The van der Waals surface area contributed by atoms with Crippen LogP contribution >= 0.6 is 0 Å². The summed E-state index contributed by atoms with van der Waals surface area (Å²) in [7, 11) is -4.17. The van der Waals surface area contributed by atoms with E-state index in [4.69, 9.17) is 9.47 Å². The van der Waals surface area contributed by atoms with E-state index in [9.17, 15) is 13.2 Å². The Balaban J connectivity index is 2.08. The van der Waals surface area contributed by atoms with Crippen molar-refractivity contribution >= 4 is 15.8 Å². The average molecular weight is 430 g/mol. The molecule has 1 aliphatic rings. The van der Waals surface area contributed by atoms with E-state index in [0.717, 1.165) is 11.1 Å². The van der Waals surface area contributed by atoms with Gasteiger partial charge in [-0.2, -0.15) is 0 Å². The molecular weight excluding hydrogens is 402 g/mol. The van der Waals surface area contributed by atoms with Gasteiger partial charge in [0.1, 0.15) is 11.7 Å². The number of carbonyl (C=O) groups is 1. The van der Waals surface area contributed by atoms with Crippen LogP contribution in [0.25, 0.3) is 0 Å². The van der Waals surface area contributed by atoms with E-state index in [-0.39, 0.29) is 16.8 Å². The van der Waals surface area contributed by atoms with Gasteiger partial charge < -0.3 is 14.8 Å². The smallest absolute Gasteiger partial charge is 0.356 e. The maximum absolute atomic E-state index is 13.4. The van der Waals surface area contributed by atoms with Gasteiger partial charge in [0.05, 0.1) is 10.9 Å². The fourth-order valence-corrected chi connectivity index (χ4v) is 4.51. The molecule has 2 atom stereocenters. The maximum Gasteiger partial charge on any atom is 0.356 e. The molecule has 3 rings (SSSR count). The molecule has 6 nitrogen and oxygen atoms in total. The molecule has 0 amide bonds. The monoisotopic (exact) mass is 429 g/mol. The van der Waals surface area contributed by atoms with Gasteiger partial charge >= 0.3 is 5.97 Å². The Morgan fingerprint density at radius 2 is 1.63 bits per heavy atom. The Morgan fingerprint density at radius 1 is 1.03 bits per heavy atom. The molecule has 0 saturated carbocycles. The van der Waals surface area contributed by atoms with Crippen LogP contribution in [0.2, 0.25) is 0 Å². The summed E-state index contributed by atoms with van der Waals surface area (Å²) in [5.74, 6) is -1.04. The molecule has 1 heterocycles. The van der Waals surface area contributed by atoms with Crippen LogP contribution in [0.4, 0.5) is 0 Å². The molecule has 1 saturated heterocycles. The Bertz CT molecular complexity index is 1050. The predicted molar refractivity (Wildman–Crippen MR) is 114 cm³/mol. The van der Waals surface area contributed by atoms with Crippen LogP contribution < -0.4 is 5.32 Å². The SMILES string of the molecule is Cc1ccc([C@@H]2OC(=C(C(=O)OC(C)(C)C)S(=O)(=O)c3ccccc3)N[C@@H]2C)cc1. The molecule has 1 aliphatic heterocycles. The number of rotatable bonds is 4. The first-order valence-corrected chi connectivity index (χ1v) is 11.2. The van der Waals surface area contributed by atoms with Crippen LogP contribution in [0.15, 0.2) is 70.3 Å². The van der Waals surface area contributed by atoms with E-state index in [2.05, 4.69) is 5.32 Å². The minimum absolute atomic E-state index is 0.00445. The highest BCUT2D eigenvalue weighted by atomic mass is 32.2. The third kappa shape index (κ3) is 4.67. The quantitative estimate of drug-likeness (QED) is 0.584. The Hall–Kier alpha value is -2.80. The van der Waals surface area contributed by atoms with Crippen molar-refractivity contribution in [1.29, 1.82) is 0 Å². The lowest BCUT2D eigenvalue weighted by Gasteiger charge is -2.21. The van der Waals surface area contributed by atoms with Crippen molar-refractivity contribution in [1.82, 2.24) is 5.32 Å². The fraction of sp³-hybridized carbons (Fsp3) is 0.348. The van der Waals surface area contributed by atoms with E-state index < -0.39 is 32.4 Å². The highest BCUT2D eigenvalue weighted by Crippen LogP contribution is 2.34. The van der Waals surface area contributed by atoms with Crippen LogP contribution in [-0.4, -0.2) is 26.0 Å². The molecule has 1 N–H and O–H groups in total. The van der Waals surface area contributed by atoms with Gasteiger partial charge in [-0.1, -0.05) is 48.0 Å². The highest BCUT2D eigenvalue weighted by Gasteiger charge is 2.41. The van der Waals surface area contributed by atoms with Gasteiger partial charge in [-0.3, -0.25) is 0 Å². The van der Waals surface area contributed by atoms with Crippen molar-refractivity contribution in [3.63, 3.8) is 0 Å². The first kappa shape index (κ1) is 21.9. The van der Waals surface area contributed by atoms with Gasteiger partial charge in [-0.25, -0.2) is 13.2 Å². The molecule has 2 aromatic rings. The van der Waals surface area contributed by atoms with E-state index in [1.165, 1.54) is 12.1 Å². The van der Waals surface area contributed by atoms with Gasteiger partial charge in [-0.15, -0.1) is 0 Å². The van der Waals surface area contributed by atoms with Crippen LogP contribution in [-0.2, 0) is 24.1 Å². The van der Waals surface area contributed by atoms with Crippen molar-refractivity contribution < 1.29 is 22.7 Å². The number of sulfone groups is 1. The van der Waals surface area contributed by atoms with Gasteiger partial charge in [0, 0.05) is 0 Å². The van der Waals surface area contributed by atoms with Gasteiger partial charge in [0.25, 0.3) is 0 Å². The predicted octanol–water partition coefficient (Wildman–Crippen LogP) is 4.03. The molecule has 0 aromatic heterocycles. The molecule has 0 spiro atoms. The zero-order valence-corrected chi connectivity index (χ0v) is 18.6. The number of esters is 1. The van der Waals surface area contributed by atoms with E-state index in [0.29, 0.717) is 0 Å². The molecule has 0 radical (unpaired) electrons. The van der Waals surface area contributed by atoms with Crippen molar-refractivity contribution in [2.45, 2.75) is 57.3 Å². The number of aryl methyl sites for hydroxylation is 1. The minimum Gasteiger partial charge on any atom is -0.468 e. The average Bonchev–Trinajstić information content (AvgIpc) is 3.02. The molecule has 0 unspecified atom stereocenters. The topological polar surface area (TPSA) is 81.7 Å². The Kier molecular flexibility index (Phi) is 5.94. The summed E-state index contributed by atoms with van der Waals surface area (Å²) < 4.78 is 38.1. The summed E-state index contributed by atoms with van der Waals surface area (Å²) in [5, 5.41) is 3.04. The largest absolute Gasteiger partial charge is 0.468 e. The zero-order valence-electron chi connectivity index (χ0n) is 17.8. The lowest BCUT2D eigenvalue weighted by molar-refractivity contribution is -0.149. The minimum atomic E-state index is -4.17.